The molecule has 0 bridgehead atoms. The standard InChI is InChI=1S/C15H13Cl2N3O3S/c1-19-13-4-3-11(8-14(13)20(2)15(19)21)18-24(22,23)12-6-9(16)5-10(17)7-12/h3-8,18H,1-2H3. The maximum atomic E-state index is 12.5. The molecule has 0 fully saturated rings. The van der Waals surface area contributed by atoms with Crippen LogP contribution in [-0.4, -0.2) is 17.6 Å². The van der Waals surface area contributed by atoms with Crippen LogP contribution in [-0.2, 0) is 24.1 Å². The Morgan fingerprint density at radius 1 is 0.917 bits per heavy atom. The summed E-state index contributed by atoms with van der Waals surface area (Å²) < 4.78 is 30.4. The Labute approximate surface area is 148 Å². The van der Waals surface area contributed by atoms with Gasteiger partial charge in [-0.15, -0.1) is 0 Å². The lowest BCUT2D eigenvalue weighted by molar-refractivity contribution is 0.601. The predicted octanol–water partition coefficient (Wildman–Crippen LogP) is 2.98. The van der Waals surface area contributed by atoms with Gasteiger partial charge in [0, 0.05) is 24.1 Å². The van der Waals surface area contributed by atoms with Gasteiger partial charge < -0.3 is 0 Å². The molecular formula is C15H13Cl2N3O3S. The van der Waals surface area contributed by atoms with E-state index in [1.807, 2.05) is 0 Å². The number of sulfonamides is 1. The lowest BCUT2D eigenvalue weighted by atomic mass is 10.3. The largest absolute Gasteiger partial charge is 0.328 e. The zero-order valence-corrected chi connectivity index (χ0v) is 15.1. The van der Waals surface area contributed by atoms with Gasteiger partial charge in [-0.25, -0.2) is 13.2 Å². The topological polar surface area (TPSA) is 73.1 Å². The summed E-state index contributed by atoms with van der Waals surface area (Å²) in [5.74, 6) is 0. The van der Waals surface area contributed by atoms with E-state index in [9.17, 15) is 13.2 Å². The second-order valence-electron chi connectivity index (χ2n) is 5.31. The van der Waals surface area contributed by atoms with Crippen LogP contribution in [0.15, 0.2) is 46.1 Å². The van der Waals surface area contributed by atoms with Crippen molar-refractivity contribution in [1.82, 2.24) is 9.13 Å². The van der Waals surface area contributed by atoms with Crippen molar-refractivity contribution in [3.63, 3.8) is 0 Å². The summed E-state index contributed by atoms with van der Waals surface area (Å²) in [6.45, 7) is 0. The lowest BCUT2D eigenvalue weighted by Gasteiger charge is -2.09. The lowest BCUT2D eigenvalue weighted by Crippen LogP contribution is -2.19. The second kappa shape index (κ2) is 5.84. The van der Waals surface area contributed by atoms with Gasteiger partial charge in [0.05, 0.1) is 21.6 Å². The van der Waals surface area contributed by atoms with E-state index in [2.05, 4.69) is 4.72 Å². The third-order valence-electron chi connectivity index (χ3n) is 3.67. The first-order valence-electron chi connectivity index (χ1n) is 6.83. The van der Waals surface area contributed by atoms with Crippen molar-refractivity contribution < 1.29 is 8.42 Å². The van der Waals surface area contributed by atoms with Gasteiger partial charge >= 0.3 is 5.69 Å². The van der Waals surface area contributed by atoms with Crippen molar-refractivity contribution in [2.45, 2.75) is 4.90 Å². The monoisotopic (exact) mass is 385 g/mol. The highest BCUT2D eigenvalue weighted by Crippen LogP contribution is 2.25. The Morgan fingerprint density at radius 2 is 1.50 bits per heavy atom. The van der Waals surface area contributed by atoms with Crippen LogP contribution < -0.4 is 10.4 Å². The third-order valence-corrected chi connectivity index (χ3v) is 5.47. The highest BCUT2D eigenvalue weighted by atomic mass is 35.5. The molecule has 24 heavy (non-hydrogen) atoms. The molecule has 2 aromatic carbocycles. The van der Waals surface area contributed by atoms with Gasteiger partial charge in [-0.1, -0.05) is 23.2 Å². The molecule has 0 unspecified atom stereocenters. The highest BCUT2D eigenvalue weighted by Gasteiger charge is 2.17. The number of aromatic nitrogens is 2. The number of anilines is 1. The average Bonchev–Trinajstić information content (AvgIpc) is 2.71. The maximum absolute atomic E-state index is 12.5. The zero-order chi connectivity index (χ0) is 17.6. The first kappa shape index (κ1) is 16.9. The first-order chi connectivity index (χ1) is 11.2. The van der Waals surface area contributed by atoms with E-state index in [4.69, 9.17) is 23.2 Å². The van der Waals surface area contributed by atoms with Gasteiger partial charge in [-0.3, -0.25) is 13.9 Å². The van der Waals surface area contributed by atoms with Crippen LogP contribution in [0.1, 0.15) is 0 Å². The van der Waals surface area contributed by atoms with Gasteiger partial charge in [0.2, 0.25) is 0 Å². The summed E-state index contributed by atoms with van der Waals surface area (Å²) in [5, 5.41) is 0.451. The van der Waals surface area contributed by atoms with Crippen molar-refractivity contribution in [3.8, 4) is 0 Å². The molecule has 6 nitrogen and oxygen atoms in total. The second-order valence-corrected chi connectivity index (χ2v) is 7.87. The number of nitrogens with zero attached hydrogens (tertiary/aromatic N) is 2. The molecule has 0 aliphatic heterocycles. The van der Waals surface area contributed by atoms with E-state index >= 15 is 0 Å². The summed E-state index contributed by atoms with van der Waals surface area (Å²) >= 11 is 11.7. The van der Waals surface area contributed by atoms with Gasteiger partial charge in [-0.2, -0.15) is 0 Å². The summed E-state index contributed by atoms with van der Waals surface area (Å²) in [7, 11) is -0.576. The molecule has 0 atom stereocenters. The molecule has 1 heterocycles. The number of halogens is 2. The average molecular weight is 386 g/mol. The molecule has 0 radical (unpaired) electrons. The number of hydrogen-bond acceptors (Lipinski definition) is 3. The van der Waals surface area contributed by atoms with Crippen molar-refractivity contribution in [3.05, 3.63) is 56.9 Å². The molecule has 1 N–H and O–H groups in total. The molecule has 9 heteroatoms. The highest BCUT2D eigenvalue weighted by molar-refractivity contribution is 7.92. The molecule has 0 aliphatic rings. The van der Waals surface area contributed by atoms with E-state index in [1.54, 1.807) is 32.3 Å². The molecule has 0 amide bonds. The smallest absolute Gasteiger partial charge is 0.295 e. The van der Waals surface area contributed by atoms with Crippen LogP contribution in [0.4, 0.5) is 5.69 Å². The van der Waals surface area contributed by atoms with Crippen molar-refractivity contribution >= 4 is 49.9 Å². The Hall–Kier alpha value is -1.96. The number of fused-ring (bicyclic) bond motifs is 1. The van der Waals surface area contributed by atoms with Crippen LogP contribution in [0.2, 0.25) is 10.0 Å². The molecule has 0 aliphatic carbocycles. The Balaban J connectivity index is 2.05. The van der Waals surface area contributed by atoms with Crippen molar-refractivity contribution in [1.29, 1.82) is 0 Å². The number of benzene rings is 2. The summed E-state index contributed by atoms with van der Waals surface area (Å²) in [4.78, 5) is 11.9. The Kier molecular flexibility index (Phi) is 4.11. The van der Waals surface area contributed by atoms with Gasteiger partial charge in [-0.05, 0) is 36.4 Å². The van der Waals surface area contributed by atoms with Gasteiger partial charge in [0.25, 0.3) is 10.0 Å². The third kappa shape index (κ3) is 2.90. The molecule has 0 saturated heterocycles. The molecule has 0 saturated carbocycles. The maximum Gasteiger partial charge on any atom is 0.328 e. The van der Waals surface area contributed by atoms with Gasteiger partial charge in [0.15, 0.2) is 0 Å². The van der Waals surface area contributed by atoms with E-state index in [0.717, 1.165) is 0 Å². The molecule has 3 aromatic rings. The molecular weight excluding hydrogens is 373 g/mol. The summed E-state index contributed by atoms with van der Waals surface area (Å²) in [6.07, 6.45) is 0. The normalized spacial score (nSPS) is 11.8. The molecule has 3 rings (SSSR count). The quantitative estimate of drug-likeness (QED) is 0.752. The van der Waals surface area contributed by atoms with E-state index in [1.165, 1.54) is 27.3 Å². The van der Waals surface area contributed by atoms with Crippen LogP contribution in [0.5, 0.6) is 0 Å². The van der Waals surface area contributed by atoms with Crippen molar-refractivity contribution in [2.75, 3.05) is 4.72 Å². The predicted molar refractivity (Wildman–Crippen MR) is 95.4 cm³/mol. The SMILES string of the molecule is Cn1c(=O)n(C)c2cc(NS(=O)(=O)c3cc(Cl)cc(Cl)c3)ccc21. The van der Waals surface area contributed by atoms with E-state index in [-0.39, 0.29) is 20.6 Å². The van der Waals surface area contributed by atoms with Crippen LogP contribution in [0.3, 0.4) is 0 Å². The molecule has 1 aromatic heterocycles. The van der Waals surface area contributed by atoms with Crippen molar-refractivity contribution in [2.24, 2.45) is 14.1 Å². The fourth-order valence-electron chi connectivity index (χ4n) is 2.47. The number of aryl methyl sites for hydroxylation is 2. The van der Waals surface area contributed by atoms with E-state index in [0.29, 0.717) is 16.7 Å². The number of rotatable bonds is 3. The zero-order valence-electron chi connectivity index (χ0n) is 12.7. The summed E-state index contributed by atoms with van der Waals surface area (Å²) in [6, 6.07) is 8.94. The number of imidazole rings is 1. The fourth-order valence-corrected chi connectivity index (χ4v) is 4.24. The van der Waals surface area contributed by atoms with Crippen LogP contribution in [0.25, 0.3) is 11.0 Å². The Bertz CT molecular complexity index is 1100. The first-order valence-corrected chi connectivity index (χ1v) is 9.07. The minimum Gasteiger partial charge on any atom is -0.295 e. The number of nitrogens with one attached hydrogen (secondary N) is 1. The van der Waals surface area contributed by atoms with E-state index < -0.39 is 10.0 Å². The fraction of sp³-hybridized carbons (Fsp3) is 0.133. The minimum atomic E-state index is -3.86. The van der Waals surface area contributed by atoms with Crippen LogP contribution >= 0.6 is 23.2 Å². The molecule has 126 valence electrons. The summed E-state index contributed by atoms with van der Waals surface area (Å²) in [5.41, 5.74) is 1.47. The van der Waals surface area contributed by atoms with Gasteiger partial charge in [0.1, 0.15) is 0 Å². The number of hydrogen-bond donors (Lipinski definition) is 1. The Morgan fingerprint density at radius 3 is 2.12 bits per heavy atom. The minimum absolute atomic E-state index is 0.0398. The van der Waals surface area contributed by atoms with Crippen LogP contribution in [0, 0.1) is 0 Å². The molecule has 0 spiro atoms.